The van der Waals surface area contributed by atoms with E-state index in [-0.39, 0.29) is 25.2 Å². The Balaban J connectivity index is 1.18. The van der Waals surface area contributed by atoms with Gasteiger partial charge >= 0.3 is 0 Å². The van der Waals surface area contributed by atoms with E-state index in [2.05, 4.69) is 33.0 Å². The topological polar surface area (TPSA) is 79.9 Å². The summed E-state index contributed by atoms with van der Waals surface area (Å²) in [5.41, 5.74) is 0.443. The largest absolute Gasteiger partial charge is 0.454 e. The van der Waals surface area contributed by atoms with Crippen molar-refractivity contribution >= 4 is 23.2 Å². The van der Waals surface area contributed by atoms with E-state index in [9.17, 15) is 9.59 Å². The van der Waals surface area contributed by atoms with Crippen LogP contribution in [-0.2, 0) is 11.3 Å². The van der Waals surface area contributed by atoms with Crippen LogP contribution in [0.2, 0.25) is 0 Å². The smallest absolute Gasteiger partial charge is 0.251 e. The number of piperidine rings is 1. The lowest BCUT2D eigenvalue weighted by molar-refractivity contribution is -0.120. The molecule has 0 bridgehead atoms. The van der Waals surface area contributed by atoms with E-state index >= 15 is 0 Å². The summed E-state index contributed by atoms with van der Waals surface area (Å²) in [5, 5.41) is 7.72. The van der Waals surface area contributed by atoms with E-state index in [1.807, 2.05) is 0 Å². The number of nitrogens with one attached hydrogen (secondary N) is 2. The molecule has 2 amide bonds. The Hall–Kier alpha value is -2.58. The number of hydrogen-bond acceptors (Lipinski definition) is 6. The minimum absolute atomic E-state index is 0.0428. The molecule has 29 heavy (non-hydrogen) atoms. The SMILES string of the molecule is O=C(CNC(=O)c1ccc2c(c1)OCO2)NCC1CCCN(Cc2cccs2)C1. The van der Waals surface area contributed by atoms with E-state index in [1.54, 1.807) is 29.5 Å². The minimum atomic E-state index is -0.307. The van der Waals surface area contributed by atoms with Crippen molar-refractivity contribution in [2.75, 3.05) is 33.0 Å². The fourth-order valence-electron chi connectivity index (χ4n) is 3.71. The van der Waals surface area contributed by atoms with Crippen LogP contribution in [0.3, 0.4) is 0 Å². The lowest BCUT2D eigenvalue weighted by atomic mass is 9.98. The Morgan fingerprint density at radius 2 is 2.07 bits per heavy atom. The van der Waals surface area contributed by atoms with Gasteiger partial charge in [0.05, 0.1) is 6.54 Å². The van der Waals surface area contributed by atoms with Gasteiger partial charge in [0.25, 0.3) is 5.91 Å². The Kier molecular flexibility index (Phi) is 6.31. The summed E-state index contributed by atoms with van der Waals surface area (Å²) in [6.45, 7) is 3.83. The number of nitrogens with zero attached hydrogens (tertiary/aromatic N) is 1. The summed E-state index contributed by atoms with van der Waals surface area (Å²) in [6.07, 6.45) is 2.26. The van der Waals surface area contributed by atoms with E-state index < -0.39 is 0 Å². The van der Waals surface area contributed by atoms with Crippen molar-refractivity contribution in [3.63, 3.8) is 0 Å². The van der Waals surface area contributed by atoms with Gasteiger partial charge in [0.1, 0.15) is 0 Å². The molecule has 2 aliphatic rings. The highest BCUT2D eigenvalue weighted by atomic mass is 32.1. The van der Waals surface area contributed by atoms with Crippen molar-refractivity contribution in [1.29, 1.82) is 0 Å². The van der Waals surface area contributed by atoms with Gasteiger partial charge in [-0.2, -0.15) is 0 Å². The van der Waals surface area contributed by atoms with Gasteiger partial charge in [0.15, 0.2) is 11.5 Å². The zero-order valence-electron chi connectivity index (χ0n) is 16.2. The van der Waals surface area contributed by atoms with E-state index in [0.717, 1.165) is 32.5 Å². The van der Waals surface area contributed by atoms with Gasteiger partial charge in [-0.05, 0) is 54.9 Å². The van der Waals surface area contributed by atoms with Gasteiger partial charge < -0.3 is 20.1 Å². The molecule has 1 saturated heterocycles. The first kappa shape index (κ1) is 19.7. The number of rotatable bonds is 7. The van der Waals surface area contributed by atoms with Gasteiger partial charge in [-0.25, -0.2) is 0 Å². The molecule has 0 aliphatic carbocycles. The molecular weight excluding hydrogens is 390 g/mol. The zero-order valence-corrected chi connectivity index (χ0v) is 17.0. The molecule has 3 heterocycles. The minimum Gasteiger partial charge on any atom is -0.454 e. The highest BCUT2D eigenvalue weighted by molar-refractivity contribution is 7.09. The molecule has 1 unspecified atom stereocenters. The summed E-state index contributed by atoms with van der Waals surface area (Å²) >= 11 is 1.78. The number of likely N-dealkylation sites (tertiary alicyclic amines) is 1. The lowest BCUT2D eigenvalue weighted by Crippen LogP contribution is -2.43. The Bertz CT molecular complexity index is 856. The van der Waals surface area contributed by atoms with Gasteiger partial charge in [0.2, 0.25) is 12.7 Å². The van der Waals surface area contributed by atoms with Crippen LogP contribution in [0.4, 0.5) is 0 Å². The number of carbonyl (C=O) groups is 2. The van der Waals surface area contributed by atoms with E-state index in [4.69, 9.17) is 9.47 Å². The van der Waals surface area contributed by atoms with Gasteiger partial charge in [-0.1, -0.05) is 6.07 Å². The predicted molar refractivity (Wildman–Crippen MR) is 110 cm³/mol. The van der Waals surface area contributed by atoms with Gasteiger partial charge in [-0.3, -0.25) is 14.5 Å². The third-order valence-corrected chi connectivity index (χ3v) is 6.06. The monoisotopic (exact) mass is 415 g/mol. The van der Waals surface area contributed by atoms with Crippen LogP contribution in [-0.4, -0.2) is 49.7 Å². The second-order valence-electron chi connectivity index (χ2n) is 7.38. The van der Waals surface area contributed by atoms with Gasteiger partial charge in [0, 0.05) is 30.1 Å². The molecule has 1 aromatic carbocycles. The maximum absolute atomic E-state index is 12.3. The number of ether oxygens (including phenoxy) is 2. The van der Waals surface area contributed by atoms with Crippen LogP contribution in [0.15, 0.2) is 35.7 Å². The van der Waals surface area contributed by atoms with Crippen molar-refractivity contribution in [1.82, 2.24) is 15.5 Å². The van der Waals surface area contributed by atoms with E-state index in [1.165, 1.54) is 4.88 Å². The second kappa shape index (κ2) is 9.28. The third kappa shape index (κ3) is 5.27. The molecule has 8 heteroatoms. The summed E-state index contributed by atoms with van der Waals surface area (Å²) < 4.78 is 10.5. The number of benzene rings is 1. The zero-order chi connectivity index (χ0) is 20.1. The summed E-state index contributed by atoms with van der Waals surface area (Å²) in [5.74, 6) is 1.14. The Morgan fingerprint density at radius 1 is 1.17 bits per heavy atom. The van der Waals surface area contributed by atoms with Crippen LogP contribution in [0, 0.1) is 5.92 Å². The Labute approximate surface area is 174 Å². The van der Waals surface area contributed by atoms with Crippen molar-refractivity contribution in [3.8, 4) is 11.5 Å². The molecule has 4 rings (SSSR count). The van der Waals surface area contributed by atoms with Gasteiger partial charge in [-0.15, -0.1) is 11.3 Å². The van der Waals surface area contributed by atoms with Crippen LogP contribution in [0.5, 0.6) is 11.5 Å². The standard InChI is InChI=1S/C21H25N3O4S/c25-20(11-23-21(26)16-5-6-18-19(9-16)28-14-27-18)22-10-15-3-1-7-24(12-15)13-17-4-2-8-29-17/h2,4-6,8-9,15H,1,3,7,10-14H2,(H,22,25)(H,23,26). The lowest BCUT2D eigenvalue weighted by Gasteiger charge is -2.32. The molecule has 1 aromatic heterocycles. The maximum atomic E-state index is 12.3. The summed E-state index contributed by atoms with van der Waals surface area (Å²) in [4.78, 5) is 28.2. The van der Waals surface area contributed by atoms with Crippen LogP contribution < -0.4 is 20.1 Å². The summed E-state index contributed by atoms with van der Waals surface area (Å²) in [6, 6.07) is 9.23. The fraction of sp³-hybridized carbons (Fsp3) is 0.429. The van der Waals surface area contributed by atoms with Crippen LogP contribution in [0.25, 0.3) is 0 Å². The van der Waals surface area contributed by atoms with Crippen molar-refractivity contribution in [2.45, 2.75) is 19.4 Å². The first-order chi connectivity index (χ1) is 14.2. The number of fused-ring (bicyclic) bond motifs is 1. The van der Waals surface area contributed by atoms with Crippen LogP contribution in [0.1, 0.15) is 28.1 Å². The molecule has 0 saturated carbocycles. The fourth-order valence-corrected chi connectivity index (χ4v) is 4.45. The van der Waals surface area contributed by atoms with Crippen molar-refractivity contribution < 1.29 is 19.1 Å². The maximum Gasteiger partial charge on any atom is 0.251 e. The quantitative estimate of drug-likeness (QED) is 0.725. The molecule has 7 nitrogen and oxygen atoms in total. The normalized spacial score (nSPS) is 18.4. The molecule has 2 aromatic rings. The van der Waals surface area contributed by atoms with Crippen LogP contribution >= 0.6 is 11.3 Å². The number of hydrogen-bond donors (Lipinski definition) is 2. The molecule has 1 atom stereocenters. The molecule has 2 N–H and O–H groups in total. The summed E-state index contributed by atoms with van der Waals surface area (Å²) in [7, 11) is 0. The second-order valence-corrected chi connectivity index (χ2v) is 8.41. The molecular formula is C21H25N3O4S. The first-order valence-corrected chi connectivity index (χ1v) is 10.7. The molecule has 2 aliphatic heterocycles. The molecule has 0 spiro atoms. The highest BCUT2D eigenvalue weighted by Crippen LogP contribution is 2.32. The predicted octanol–water partition coefficient (Wildman–Crippen LogP) is 2.23. The molecule has 0 radical (unpaired) electrons. The average molecular weight is 416 g/mol. The number of carbonyl (C=O) groups excluding carboxylic acids is 2. The third-order valence-electron chi connectivity index (χ3n) is 5.19. The first-order valence-electron chi connectivity index (χ1n) is 9.86. The highest BCUT2D eigenvalue weighted by Gasteiger charge is 2.21. The number of amides is 2. The molecule has 154 valence electrons. The molecule has 1 fully saturated rings. The van der Waals surface area contributed by atoms with Crippen molar-refractivity contribution in [3.05, 3.63) is 46.2 Å². The van der Waals surface area contributed by atoms with E-state index in [0.29, 0.717) is 29.5 Å². The van der Waals surface area contributed by atoms with Crippen molar-refractivity contribution in [2.24, 2.45) is 5.92 Å². The number of thiophene rings is 1. The Morgan fingerprint density at radius 3 is 2.93 bits per heavy atom. The average Bonchev–Trinajstić information content (AvgIpc) is 3.42.